The van der Waals surface area contributed by atoms with Crippen LogP contribution in [0.3, 0.4) is 0 Å². The van der Waals surface area contributed by atoms with Gasteiger partial charge in [-0.3, -0.25) is 0 Å². The van der Waals surface area contributed by atoms with E-state index < -0.39 is 0 Å². The van der Waals surface area contributed by atoms with Gasteiger partial charge in [-0.1, -0.05) is 24.6 Å². The third kappa shape index (κ3) is 3.14. The largest absolute Gasteiger partial charge is 0.324 e. The summed E-state index contributed by atoms with van der Waals surface area (Å²) in [6, 6.07) is 6.20. The van der Waals surface area contributed by atoms with Gasteiger partial charge in [0, 0.05) is 16.6 Å². The van der Waals surface area contributed by atoms with E-state index in [0.29, 0.717) is 17.0 Å². The van der Waals surface area contributed by atoms with Crippen molar-refractivity contribution in [2.45, 2.75) is 32.7 Å². The highest BCUT2D eigenvalue weighted by atomic mass is 35.5. The maximum absolute atomic E-state index is 13.8. The van der Waals surface area contributed by atoms with Crippen LogP contribution in [0.15, 0.2) is 24.3 Å². The number of hydrogen-bond acceptors (Lipinski definition) is 3. The smallest absolute Gasteiger partial charge is 0.127 e. The SMILES string of the molecule is CCc1nnc(C)cc1C(N)Cc1c(F)cccc1Cl. The van der Waals surface area contributed by atoms with Crippen molar-refractivity contribution >= 4 is 11.6 Å². The topological polar surface area (TPSA) is 51.8 Å². The van der Waals surface area contributed by atoms with Gasteiger partial charge in [-0.05, 0) is 43.5 Å². The van der Waals surface area contributed by atoms with Crippen LogP contribution in [0.5, 0.6) is 0 Å². The Morgan fingerprint density at radius 1 is 1.35 bits per heavy atom. The lowest BCUT2D eigenvalue weighted by Crippen LogP contribution is -2.18. The molecule has 0 amide bonds. The molecule has 1 aromatic heterocycles. The molecule has 0 fully saturated rings. The second-order valence-electron chi connectivity index (χ2n) is 4.75. The van der Waals surface area contributed by atoms with Crippen LogP contribution in [0, 0.1) is 12.7 Å². The van der Waals surface area contributed by atoms with Gasteiger partial charge in [0.15, 0.2) is 0 Å². The van der Waals surface area contributed by atoms with Gasteiger partial charge in [0.2, 0.25) is 0 Å². The van der Waals surface area contributed by atoms with E-state index in [1.165, 1.54) is 6.07 Å². The number of nitrogens with zero attached hydrogens (tertiary/aromatic N) is 2. The zero-order valence-electron chi connectivity index (χ0n) is 11.5. The Kier molecular flexibility index (Phi) is 4.68. The van der Waals surface area contributed by atoms with E-state index in [1.54, 1.807) is 12.1 Å². The Balaban J connectivity index is 2.33. The molecule has 1 unspecified atom stereocenters. The second kappa shape index (κ2) is 6.29. The first-order chi connectivity index (χ1) is 9.52. The first kappa shape index (κ1) is 14.9. The van der Waals surface area contributed by atoms with Crippen molar-refractivity contribution in [3.8, 4) is 0 Å². The van der Waals surface area contributed by atoms with E-state index in [1.807, 2.05) is 19.9 Å². The summed E-state index contributed by atoms with van der Waals surface area (Å²) in [5.74, 6) is -0.329. The second-order valence-corrected chi connectivity index (χ2v) is 5.16. The van der Waals surface area contributed by atoms with Crippen LogP contribution >= 0.6 is 11.6 Å². The molecule has 0 aliphatic carbocycles. The highest BCUT2D eigenvalue weighted by molar-refractivity contribution is 6.31. The Morgan fingerprint density at radius 3 is 2.75 bits per heavy atom. The number of aryl methyl sites for hydroxylation is 2. The summed E-state index contributed by atoms with van der Waals surface area (Å²) in [5.41, 5.74) is 9.20. The first-order valence-corrected chi connectivity index (χ1v) is 6.92. The molecule has 2 aromatic rings. The van der Waals surface area contributed by atoms with Crippen LogP contribution in [0.25, 0.3) is 0 Å². The maximum Gasteiger partial charge on any atom is 0.127 e. The average Bonchev–Trinajstić information content (AvgIpc) is 2.43. The fraction of sp³-hybridized carbons (Fsp3) is 0.333. The van der Waals surface area contributed by atoms with Crippen LogP contribution in [-0.2, 0) is 12.8 Å². The first-order valence-electron chi connectivity index (χ1n) is 6.54. The summed E-state index contributed by atoms with van der Waals surface area (Å²) in [7, 11) is 0. The Morgan fingerprint density at radius 2 is 2.10 bits per heavy atom. The standard InChI is InChI=1S/C15H17ClFN3/c1-3-15-11(7-9(2)19-20-15)14(18)8-10-12(16)5-4-6-13(10)17/h4-7,14H,3,8,18H2,1-2H3. The zero-order chi connectivity index (χ0) is 14.7. The fourth-order valence-electron chi connectivity index (χ4n) is 2.19. The highest BCUT2D eigenvalue weighted by Crippen LogP contribution is 2.26. The van der Waals surface area contributed by atoms with Crippen molar-refractivity contribution in [3.63, 3.8) is 0 Å². The normalized spacial score (nSPS) is 12.4. The van der Waals surface area contributed by atoms with Crippen LogP contribution in [0.1, 0.15) is 35.5 Å². The molecule has 0 saturated heterocycles. The van der Waals surface area contributed by atoms with Crippen molar-refractivity contribution in [3.05, 3.63) is 57.6 Å². The molecule has 3 nitrogen and oxygen atoms in total. The summed E-state index contributed by atoms with van der Waals surface area (Å²) >= 11 is 6.04. The van der Waals surface area contributed by atoms with Crippen LogP contribution < -0.4 is 5.73 Å². The third-order valence-corrected chi connectivity index (χ3v) is 3.60. The Bertz CT molecular complexity index is 596. The molecule has 1 aromatic carbocycles. The predicted octanol–water partition coefficient (Wildman–Crippen LogP) is 3.38. The lowest BCUT2D eigenvalue weighted by molar-refractivity contribution is 0.590. The molecule has 0 aliphatic rings. The molecule has 1 heterocycles. The summed E-state index contributed by atoms with van der Waals surface area (Å²) in [4.78, 5) is 0. The van der Waals surface area contributed by atoms with Crippen molar-refractivity contribution in [2.75, 3.05) is 0 Å². The van der Waals surface area contributed by atoms with Gasteiger partial charge in [-0.25, -0.2) is 4.39 Å². The fourth-order valence-corrected chi connectivity index (χ4v) is 2.43. The number of rotatable bonds is 4. The number of aromatic nitrogens is 2. The van der Waals surface area contributed by atoms with Gasteiger partial charge in [-0.15, -0.1) is 0 Å². The zero-order valence-corrected chi connectivity index (χ0v) is 12.3. The van der Waals surface area contributed by atoms with E-state index in [-0.39, 0.29) is 11.9 Å². The molecule has 20 heavy (non-hydrogen) atoms. The van der Waals surface area contributed by atoms with Crippen molar-refractivity contribution in [1.82, 2.24) is 10.2 Å². The van der Waals surface area contributed by atoms with E-state index in [2.05, 4.69) is 10.2 Å². The molecule has 5 heteroatoms. The summed E-state index contributed by atoms with van der Waals surface area (Å²) in [6.45, 7) is 3.85. The van der Waals surface area contributed by atoms with Crippen LogP contribution in [-0.4, -0.2) is 10.2 Å². The molecule has 0 aliphatic heterocycles. The van der Waals surface area contributed by atoms with Gasteiger partial charge < -0.3 is 5.73 Å². The summed E-state index contributed by atoms with van der Waals surface area (Å²) < 4.78 is 13.8. The monoisotopic (exact) mass is 293 g/mol. The van der Waals surface area contributed by atoms with E-state index in [4.69, 9.17) is 17.3 Å². The summed E-state index contributed by atoms with van der Waals surface area (Å²) in [5, 5.41) is 8.58. The lowest BCUT2D eigenvalue weighted by atomic mass is 9.97. The van der Waals surface area contributed by atoms with Crippen molar-refractivity contribution in [1.29, 1.82) is 0 Å². The number of benzene rings is 1. The molecule has 0 radical (unpaired) electrons. The average molecular weight is 294 g/mol. The van der Waals surface area contributed by atoms with E-state index >= 15 is 0 Å². The minimum Gasteiger partial charge on any atom is -0.324 e. The predicted molar refractivity (Wildman–Crippen MR) is 78.2 cm³/mol. The maximum atomic E-state index is 13.8. The quantitative estimate of drug-likeness (QED) is 0.940. The molecular weight excluding hydrogens is 277 g/mol. The minimum absolute atomic E-state index is 0.329. The molecule has 0 saturated carbocycles. The van der Waals surface area contributed by atoms with Crippen molar-refractivity contribution in [2.24, 2.45) is 5.73 Å². The van der Waals surface area contributed by atoms with E-state index in [9.17, 15) is 4.39 Å². The van der Waals surface area contributed by atoms with Crippen LogP contribution in [0.4, 0.5) is 4.39 Å². The molecule has 2 N–H and O–H groups in total. The van der Waals surface area contributed by atoms with Gasteiger partial charge in [-0.2, -0.15) is 10.2 Å². The van der Waals surface area contributed by atoms with E-state index in [0.717, 1.165) is 23.4 Å². The third-order valence-electron chi connectivity index (χ3n) is 3.25. The number of nitrogens with two attached hydrogens (primary N) is 1. The molecule has 0 bridgehead atoms. The molecule has 2 rings (SSSR count). The Labute approximate surface area is 123 Å². The number of halogens is 2. The van der Waals surface area contributed by atoms with Gasteiger partial charge in [0.25, 0.3) is 0 Å². The van der Waals surface area contributed by atoms with Gasteiger partial charge >= 0.3 is 0 Å². The molecular formula is C15H17ClFN3. The number of hydrogen-bond donors (Lipinski definition) is 1. The van der Waals surface area contributed by atoms with Crippen LogP contribution in [0.2, 0.25) is 5.02 Å². The molecule has 106 valence electrons. The van der Waals surface area contributed by atoms with Gasteiger partial charge in [0.05, 0.1) is 11.4 Å². The highest BCUT2D eigenvalue weighted by Gasteiger charge is 2.17. The minimum atomic E-state index is -0.353. The van der Waals surface area contributed by atoms with Gasteiger partial charge in [0.1, 0.15) is 5.82 Å². The Hall–Kier alpha value is -1.52. The molecule has 0 spiro atoms. The van der Waals surface area contributed by atoms with Crippen molar-refractivity contribution < 1.29 is 4.39 Å². The summed E-state index contributed by atoms with van der Waals surface area (Å²) in [6.07, 6.45) is 1.07. The molecule has 1 atom stereocenters. The lowest BCUT2D eigenvalue weighted by Gasteiger charge is -2.16.